The van der Waals surface area contributed by atoms with Crippen LogP contribution in [0.3, 0.4) is 0 Å². The minimum Gasteiger partial charge on any atom is -0.496 e. The zero-order valence-corrected chi connectivity index (χ0v) is 37.9. The van der Waals surface area contributed by atoms with Gasteiger partial charge in [-0.05, 0) is 116 Å². The van der Waals surface area contributed by atoms with Gasteiger partial charge in [0.1, 0.15) is 15.3 Å². The van der Waals surface area contributed by atoms with Gasteiger partial charge in [0, 0.05) is 98.5 Å². The third-order valence-corrected chi connectivity index (χ3v) is 16.4. The van der Waals surface area contributed by atoms with Crippen LogP contribution >= 0.6 is 22.6 Å². The molecular weight excluding hydrogens is 903 g/mol. The van der Waals surface area contributed by atoms with Crippen molar-refractivity contribution in [1.82, 2.24) is 25.3 Å². The van der Waals surface area contributed by atoms with E-state index >= 15 is 0 Å². The first kappa shape index (κ1) is 41.7. The molecule has 2 aliphatic carbocycles. The van der Waals surface area contributed by atoms with E-state index in [4.69, 9.17) is 4.74 Å². The fourth-order valence-corrected chi connectivity index (χ4v) is 13.4. The summed E-state index contributed by atoms with van der Waals surface area (Å²) in [6.07, 6.45) is 5.56. The van der Waals surface area contributed by atoms with Crippen molar-refractivity contribution in [3.05, 3.63) is 82.5 Å². The summed E-state index contributed by atoms with van der Waals surface area (Å²) in [4.78, 5) is 46.8. The monoisotopic (exact) mass is 959 g/mol. The van der Waals surface area contributed by atoms with Crippen molar-refractivity contribution in [1.29, 1.82) is 0 Å². The van der Waals surface area contributed by atoms with Crippen LogP contribution in [0.15, 0.2) is 54.7 Å². The zero-order valence-electron chi connectivity index (χ0n) is 35.8. The number of hydrogen-bond donors (Lipinski definition) is 2. The number of anilines is 2. The molecule has 3 aromatic carbocycles. The topological polar surface area (TPSA) is 114 Å². The third kappa shape index (κ3) is 7.43. The number of rotatable bonds is 9. The molecule has 5 atom stereocenters. The number of aromatic amines is 1. The summed E-state index contributed by atoms with van der Waals surface area (Å²) in [5.41, 5.74) is 8.48. The van der Waals surface area contributed by atoms with E-state index in [0.29, 0.717) is 29.9 Å². The van der Waals surface area contributed by atoms with E-state index in [0.717, 1.165) is 103 Å². The van der Waals surface area contributed by atoms with Crippen molar-refractivity contribution in [2.45, 2.75) is 93.7 Å². The summed E-state index contributed by atoms with van der Waals surface area (Å²) in [6.45, 7) is 10.7. The maximum atomic E-state index is 14.1. The van der Waals surface area contributed by atoms with Crippen molar-refractivity contribution in [3.63, 3.8) is 0 Å². The Bertz CT molecular complexity index is 2410. The van der Waals surface area contributed by atoms with Crippen molar-refractivity contribution in [2.75, 3.05) is 56.2 Å². The number of alkyl halides is 3. The molecule has 3 saturated heterocycles. The third-order valence-electron chi connectivity index (χ3n) is 15.5. The molecule has 328 valence electrons. The number of fused-ring (bicyclic) bond motifs is 4. The van der Waals surface area contributed by atoms with E-state index < -0.39 is 12.5 Å². The lowest BCUT2D eigenvalue weighted by Gasteiger charge is -2.55. The summed E-state index contributed by atoms with van der Waals surface area (Å²) in [7, 11) is 1.70. The molecular formula is C48H56F2IN7O4. The lowest BCUT2D eigenvalue weighted by molar-refractivity contribution is -0.136. The molecule has 0 bridgehead atoms. The molecule has 2 N–H and O–H groups in total. The molecule has 1 aromatic heterocycles. The number of carbonyl (C=O) groups excluding carboxylic acids is 3. The van der Waals surface area contributed by atoms with Crippen molar-refractivity contribution >= 4 is 62.6 Å². The Morgan fingerprint density at radius 2 is 1.76 bits per heavy atom. The molecule has 2 unspecified atom stereocenters. The number of halogens is 3. The van der Waals surface area contributed by atoms with Crippen molar-refractivity contribution in [3.8, 4) is 5.75 Å². The van der Waals surface area contributed by atoms with Gasteiger partial charge in [0.25, 0.3) is 5.91 Å². The SMILES string of the molecule is COc1cc(N2CCC3(CC2)CC(CN2CCN(c4ccc5c(c4)CN(C4CCC(=O)NC4=O)C5=O)[C@](C)(I)C2)C3)ccc1[C@@H]1c2ccc3[nH]ncc3c2C[C@@H](C)C1CC(F)F. The molecule has 4 fully saturated rings. The Morgan fingerprint density at radius 3 is 2.50 bits per heavy atom. The number of piperidine rings is 2. The highest BCUT2D eigenvalue weighted by atomic mass is 127. The number of methoxy groups -OCH3 is 1. The second-order valence-corrected chi connectivity index (χ2v) is 21.7. The first-order valence-corrected chi connectivity index (χ1v) is 23.5. The smallest absolute Gasteiger partial charge is 0.255 e. The number of piperazine rings is 1. The number of hydrogen-bond acceptors (Lipinski definition) is 8. The van der Waals surface area contributed by atoms with Gasteiger partial charge in [-0.25, -0.2) is 8.78 Å². The molecule has 62 heavy (non-hydrogen) atoms. The van der Waals surface area contributed by atoms with Crippen LogP contribution in [0.4, 0.5) is 20.2 Å². The standard InChI is InChI=1S/C48H56F2IN7O4/c1-28-18-37-34(8-9-39-38(37)24-52-54-39)44(36(28)21-42(49)50)35-7-4-31(20-41(35)62-3)56-14-12-48(13-15-56)22-29(23-48)25-55-16-17-58(47(2,51)27-55)32-5-6-33-30(19-32)26-57(46(33)61)40-10-11-43(59)53-45(40)60/h4-9,19-20,24,28-29,36,40,42,44H,10-18,21-23,25-27H2,1-3H3,(H,52,54)(H,53,59,60)/t28-,36?,40?,44+,47+/m1/s1. The first-order chi connectivity index (χ1) is 29.8. The summed E-state index contributed by atoms with van der Waals surface area (Å²) in [6, 6.07) is 16.1. The molecule has 4 aliphatic heterocycles. The van der Waals surface area contributed by atoms with Crippen LogP contribution in [0.25, 0.3) is 10.9 Å². The highest BCUT2D eigenvalue weighted by Gasteiger charge is 2.48. The van der Waals surface area contributed by atoms with Crippen LogP contribution < -0.4 is 19.9 Å². The number of aromatic nitrogens is 2. The lowest BCUT2D eigenvalue weighted by Crippen LogP contribution is -2.59. The number of ether oxygens (including phenoxy) is 1. The molecule has 4 aromatic rings. The Labute approximate surface area is 375 Å². The number of carbonyl (C=O) groups is 3. The Kier molecular flexibility index (Phi) is 10.8. The number of imide groups is 1. The number of nitrogens with zero attached hydrogens (tertiary/aromatic N) is 5. The van der Waals surface area contributed by atoms with Crippen molar-refractivity contribution < 1.29 is 27.9 Å². The summed E-state index contributed by atoms with van der Waals surface area (Å²) >= 11 is 2.59. The minimum atomic E-state index is -2.38. The van der Waals surface area contributed by atoms with Gasteiger partial charge in [0.15, 0.2) is 0 Å². The summed E-state index contributed by atoms with van der Waals surface area (Å²) < 4.78 is 34.2. The van der Waals surface area contributed by atoms with Gasteiger partial charge in [-0.3, -0.25) is 29.7 Å². The number of nitrogens with one attached hydrogen (secondary N) is 2. The molecule has 6 aliphatic rings. The van der Waals surface area contributed by atoms with Gasteiger partial charge in [0.2, 0.25) is 18.2 Å². The Hall–Kier alpha value is -4.31. The maximum Gasteiger partial charge on any atom is 0.255 e. The lowest BCUT2D eigenvalue weighted by atomic mass is 9.57. The highest BCUT2D eigenvalue weighted by Crippen LogP contribution is 2.54. The molecule has 14 heteroatoms. The van der Waals surface area contributed by atoms with E-state index in [2.05, 4.69) is 97.0 Å². The molecule has 0 radical (unpaired) electrons. The van der Waals surface area contributed by atoms with Crippen LogP contribution in [0.1, 0.15) is 97.3 Å². The van der Waals surface area contributed by atoms with E-state index in [1.165, 1.54) is 18.4 Å². The quantitative estimate of drug-likeness (QED) is 0.0755. The second kappa shape index (κ2) is 16.0. The van der Waals surface area contributed by atoms with Crippen LogP contribution in [0, 0.1) is 23.2 Å². The van der Waals surface area contributed by atoms with Gasteiger partial charge < -0.3 is 19.4 Å². The minimum absolute atomic E-state index is 0.0825. The molecule has 1 spiro atoms. The second-order valence-electron chi connectivity index (χ2n) is 19.4. The van der Waals surface area contributed by atoms with Gasteiger partial charge in [-0.15, -0.1) is 0 Å². The maximum absolute atomic E-state index is 14.1. The van der Waals surface area contributed by atoms with Gasteiger partial charge >= 0.3 is 0 Å². The molecule has 5 heterocycles. The molecule has 1 saturated carbocycles. The van der Waals surface area contributed by atoms with Crippen LogP contribution in [0.2, 0.25) is 0 Å². The average molecular weight is 960 g/mol. The Morgan fingerprint density at radius 1 is 0.984 bits per heavy atom. The largest absolute Gasteiger partial charge is 0.496 e. The number of benzene rings is 3. The van der Waals surface area contributed by atoms with Gasteiger partial charge in [-0.1, -0.05) is 41.6 Å². The molecule has 11 nitrogen and oxygen atoms in total. The summed E-state index contributed by atoms with van der Waals surface area (Å²) in [5, 5.41) is 10.8. The molecule has 10 rings (SSSR count). The predicted octanol–water partition coefficient (Wildman–Crippen LogP) is 7.90. The van der Waals surface area contributed by atoms with Gasteiger partial charge in [0.05, 0.1) is 18.8 Å². The van der Waals surface area contributed by atoms with E-state index in [1.54, 1.807) is 12.0 Å². The fraction of sp³-hybridized carbons (Fsp3) is 0.542. The van der Waals surface area contributed by atoms with E-state index in [1.807, 2.05) is 24.4 Å². The number of H-pyrrole nitrogens is 1. The normalized spacial score (nSPS) is 27.8. The fourth-order valence-electron chi connectivity index (χ4n) is 12.4. The van der Waals surface area contributed by atoms with Gasteiger partial charge in [-0.2, -0.15) is 5.10 Å². The Balaban J connectivity index is 0.752. The number of amides is 3. The van der Waals surface area contributed by atoms with E-state index in [9.17, 15) is 23.2 Å². The van der Waals surface area contributed by atoms with Crippen molar-refractivity contribution in [2.24, 2.45) is 23.2 Å². The van der Waals surface area contributed by atoms with Crippen LogP contribution in [-0.2, 0) is 22.6 Å². The van der Waals surface area contributed by atoms with E-state index in [-0.39, 0.29) is 51.9 Å². The van der Waals surface area contributed by atoms with Crippen LogP contribution in [-0.4, -0.2) is 100 Å². The molecule has 3 amide bonds. The predicted molar refractivity (Wildman–Crippen MR) is 243 cm³/mol. The average Bonchev–Trinajstić information content (AvgIpc) is 3.84. The van der Waals surface area contributed by atoms with Crippen LogP contribution in [0.5, 0.6) is 5.75 Å². The first-order valence-electron chi connectivity index (χ1n) is 22.4. The summed E-state index contributed by atoms with van der Waals surface area (Å²) in [5.74, 6) is 0.339. The zero-order chi connectivity index (χ0) is 43.1. The highest BCUT2D eigenvalue weighted by molar-refractivity contribution is 14.1.